The lowest BCUT2D eigenvalue weighted by Crippen LogP contribution is -2.14. The van der Waals surface area contributed by atoms with Gasteiger partial charge in [0, 0.05) is 24.0 Å². The predicted molar refractivity (Wildman–Crippen MR) is 115 cm³/mol. The summed E-state index contributed by atoms with van der Waals surface area (Å²) in [4.78, 5) is 36.7. The van der Waals surface area contributed by atoms with E-state index in [0.717, 1.165) is 0 Å². The molecule has 2 heterocycles. The Morgan fingerprint density at radius 1 is 0.938 bits per heavy atom. The van der Waals surface area contributed by atoms with Crippen LogP contribution in [-0.2, 0) is 4.74 Å². The van der Waals surface area contributed by atoms with Crippen LogP contribution in [0.4, 0.5) is 17.5 Å². The Morgan fingerprint density at radius 2 is 1.69 bits per heavy atom. The summed E-state index contributed by atoms with van der Waals surface area (Å²) in [5, 5.41) is 22.8. The molecule has 0 radical (unpaired) electrons. The third-order valence-electron chi connectivity index (χ3n) is 4.47. The van der Waals surface area contributed by atoms with Gasteiger partial charge in [0.1, 0.15) is 11.3 Å². The number of phenolic OH excluding ortho intramolecular Hbond substituents is 1. The number of carbonyl (C=O) groups is 2. The Balaban J connectivity index is 1.80. The summed E-state index contributed by atoms with van der Waals surface area (Å²) < 4.78 is 4.74. The normalized spacial score (nSPS) is 10.9. The molecule has 0 aliphatic heterocycles. The lowest BCUT2D eigenvalue weighted by Gasteiger charge is -2.10. The Morgan fingerprint density at radius 3 is 2.47 bits per heavy atom. The highest BCUT2D eigenvalue weighted by molar-refractivity contribution is 6.11. The number of aromatic hydroxyl groups is 1. The second kappa shape index (κ2) is 8.96. The molecule has 0 unspecified atom stereocenters. The second-order valence-corrected chi connectivity index (χ2v) is 6.44. The van der Waals surface area contributed by atoms with Gasteiger partial charge in [0.2, 0.25) is 5.95 Å². The lowest BCUT2D eigenvalue weighted by molar-refractivity contribution is 0.0601. The number of hydrogen-bond acceptors (Lipinski definition) is 9. The van der Waals surface area contributed by atoms with Crippen molar-refractivity contribution in [2.24, 2.45) is 10.2 Å². The number of ether oxygens (including phenoxy) is 1. The predicted octanol–water partition coefficient (Wildman–Crippen LogP) is 4.18. The molecule has 0 spiro atoms. The van der Waals surface area contributed by atoms with Gasteiger partial charge in [-0.05, 0) is 29.7 Å². The number of hydrogen-bond donors (Lipinski definition) is 2. The fourth-order valence-electron chi connectivity index (χ4n) is 2.97. The molecular weight excluding hydrogens is 412 g/mol. The Bertz CT molecular complexity index is 1340. The number of amides is 1. The molecule has 2 N–H and O–H groups in total. The van der Waals surface area contributed by atoms with Crippen molar-refractivity contribution in [3.8, 4) is 5.75 Å². The van der Waals surface area contributed by atoms with Gasteiger partial charge in [-0.25, -0.2) is 19.7 Å². The first-order valence-corrected chi connectivity index (χ1v) is 9.36. The number of pyridine rings is 1. The molecule has 32 heavy (non-hydrogen) atoms. The number of benzene rings is 2. The van der Waals surface area contributed by atoms with Gasteiger partial charge in [-0.2, -0.15) is 0 Å². The van der Waals surface area contributed by atoms with Crippen molar-refractivity contribution in [1.82, 2.24) is 15.0 Å². The SMILES string of the molecule is COC(=O)c1cccnc1N=Nc1c(O)c(C(=O)Nc2ncccn2)cc2ccccc12. The second-order valence-electron chi connectivity index (χ2n) is 6.44. The number of nitrogens with one attached hydrogen (secondary N) is 1. The van der Waals surface area contributed by atoms with Crippen LogP contribution in [0.25, 0.3) is 10.8 Å². The maximum atomic E-state index is 12.8. The van der Waals surface area contributed by atoms with E-state index in [1.807, 2.05) is 0 Å². The minimum absolute atomic E-state index is 0.00960. The van der Waals surface area contributed by atoms with Crippen LogP contribution in [0.1, 0.15) is 20.7 Å². The molecule has 0 aliphatic carbocycles. The molecule has 0 fully saturated rings. The molecule has 4 rings (SSSR count). The summed E-state index contributed by atoms with van der Waals surface area (Å²) in [6.45, 7) is 0. The molecule has 0 bridgehead atoms. The van der Waals surface area contributed by atoms with Gasteiger partial charge < -0.3 is 9.84 Å². The van der Waals surface area contributed by atoms with Gasteiger partial charge in [0.25, 0.3) is 5.91 Å². The van der Waals surface area contributed by atoms with Gasteiger partial charge in [0.05, 0.1) is 12.7 Å². The van der Waals surface area contributed by atoms with E-state index in [4.69, 9.17) is 4.74 Å². The topological polar surface area (TPSA) is 139 Å². The first-order valence-electron chi connectivity index (χ1n) is 9.36. The molecule has 0 atom stereocenters. The van der Waals surface area contributed by atoms with E-state index >= 15 is 0 Å². The van der Waals surface area contributed by atoms with Gasteiger partial charge in [0.15, 0.2) is 11.6 Å². The van der Waals surface area contributed by atoms with E-state index < -0.39 is 17.6 Å². The van der Waals surface area contributed by atoms with Crippen molar-refractivity contribution in [2.75, 3.05) is 12.4 Å². The maximum absolute atomic E-state index is 12.8. The van der Waals surface area contributed by atoms with Crippen molar-refractivity contribution in [3.05, 3.63) is 78.2 Å². The molecule has 10 nitrogen and oxygen atoms in total. The standard InChI is InChI=1S/C22H16N6O4/c1-32-21(31)15-8-4-9-23-19(15)28-27-17-14-7-3-2-6-13(14)12-16(18(17)29)20(30)26-22-24-10-5-11-25-22/h2-12,29H,1H3,(H,24,25,26,30). The van der Waals surface area contributed by atoms with Crippen LogP contribution >= 0.6 is 0 Å². The van der Waals surface area contributed by atoms with Crippen molar-refractivity contribution in [3.63, 3.8) is 0 Å². The number of esters is 1. The fourth-order valence-corrected chi connectivity index (χ4v) is 2.97. The monoisotopic (exact) mass is 428 g/mol. The highest BCUT2D eigenvalue weighted by Crippen LogP contribution is 2.39. The van der Waals surface area contributed by atoms with E-state index in [2.05, 4.69) is 30.5 Å². The molecular formula is C22H16N6O4. The summed E-state index contributed by atoms with van der Waals surface area (Å²) in [5.41, 5.74) is 0.112. The molecule has 158 valence electrons. The summed E-state index contributed by atoms with van der Waals surface area (Å²) in [6, 6.07) is 13.2. The fraction of sp³-hybridized carbons (Fsp3) is 0.0455. The van der Waals surface area contributed by atoms with Gasteiger partial charge in [-0.3, -0.25) is 10.1 Å². The lowest BCUT2D eigenvalue weighted by atomic mass is 10.0. The number of methoxy groups -OCH3 is 1. The quantitative estimate of drug-likeness (QED) is 0.359. The molecule has 1 amide bonds. The highest BCUT2D eigenvalue weighted by Gasteiger charge is 2.20. The zero-order valence-electron chi connectivity index (χ0n) is 16.8. The van der Waals surface area contributed by atoms with Crippen LogP contribution in [-0.4, -0.2) is 39.0 Å². The number of azo groups is 1. The number of rotatable bonds is 5. The van der Waals surface area contributed by atoms with Crippen LogP contribution in [0, 0.1) is 0 Å². The number of carbonyl (C=O) groups excluding carboxylic acids is 2. The Hall–Kier alpha value is -4.73. The molecule has 2 aromatic heterocycles. The van der Waals surface area contributed by atoms with Crippen LogP contribution in [0.15, 0.2) is 77.3 Å². The molecule has 0 saturated carbocycles. The van der Waals surface area contributed by atoms with Crippen molar-refractivity contribution in [1.29, 1.82) is 0 Å². The van der Waals surface area contributed by atoms with Crippen LogP contribution in [0.2, 0.25) is 0 Å². The minimum Gasteiger partial charge on any atom is -0.505 e. The third-order valence-corrected chi connectivity index (χ3v) is 4.47. The number of nitrogens with zero attached hydrogens (tertiary/aromatic N) is 5. The average Bonchev–Trinajstić information content (AvgIpc) is 2.83. The van der Waals surface area contributed by atoms with E-state index in [9.17, 15) is 14.7 Å². The number of phenols is 1. The van der Waals surface area contributed by atoms with Crippen molar-refractivity contribution in [2.45, 2.75) is 0 Å². The van der Waals surface area contributed by atoms with E-state index in [1.54, 1.807) is 36.4 Å². The summed E-state index contributed by atoms with van der Waals surface area (Å²) in [5.74, 6) is -1.54. The van der Waals surface area contributed by atoms with Gasteiger partial charge in [-0.1, -0.05) is 24.3 Å². The Labute approximate surface area is 181 Å². The van der Waals surface area contributed by atoms with Crippen LogP contribution in [0.3, 0.4) is 0 Å². The zero-order chi connectivity index (χ0) is 22.5. The smallest absolute Gasteiger partial charge is 0.341 e. The van der Waals surface area contributed by atoms with Crippen molar-refractivity contribution < 1.29 is 19.4 Å². The number of aromatic nitrogens is 3. The number of fused-ring (bicyclic) bond motifs is 1. The largest absolute Gasteiger partial charge is 0.505 e. The Kier molecular flexibility index (Phi) is 5.75. The maximum Gasteiger partial charge on any atom is 0.341 e. The van der Waals surface area contributed by atoms with Crippen LogP contribution < -0.4 is 5.32 Å². The summed E-state index contributed by atoms with van der Waals surface area (Å²) in [6.07, 6.45) is 4.41. The zero-order valence-corrected chi connectivity index (χ0v) is 16.8. The average molecular weight is 428 g/mol. The van der Waals surface area contributed by atoms with E-state index in [-0.39, 0.29) is 28.6 Å². The summed E-state index contributed by atoms with van der Waals surface area (Å²) >= 11 is 0. The van der Waals surface area contributed by atoms with Gasteiger partial charge in [-0.15, -0.1) is 10.2 Å². The molecule has 4 aromatic rings. The molecule has 2 aromatic carbocycles. The number of anilines is 1. The third kappa shape index (κ3) is 4.10. The minimum atomic E-state index is -0.628. The first-order chi connectivity index (χ1) is 15.6. The van der Waals surface area contributed by atoms with E-state index in [0.29, 0.717) is 10.8 Å². The molecule has 0 saturated heterocycles. The highest BCUT2D eigenvalue weighted by atomic mass is 16.5. The molecule has 10 heteroatoms. The van der Waals surface area contributed by atoms with Crippen LogP contribution in [0.5, 0.6) is 5.75 Å². The van der Waals surface area contributed by atoms with Crippen molar-refractivity contribution >= 4 is 40.1 Å². The first kappa shape index (κ1) is 20.5. The summed E-state index contributed by atoms with van der Waals surface area (Å²) in [7, 11) is 1.24. The van der Waals surface area contributed by atoms with Gasteiger partial charge >= 0.3 is 5.97 Å². The van der Waals surface area contributed by atoms with E-state index in [1.165, 1.54) is 37.8 Å². The molecule has 0 aliphatic rings.